The van der Waals surface area contributed by atoms with E-state index in [2.05, 4.69) is 21.0 Å². The monoisotopic (exact) mass is 361 g/mol. The zero-order valence-corrected chi connectivity index (χ0v) is 15.1. The Kier molecular flexibility index (Phi) is 4.16. The first-order chi connectivity index (χ1) is 12.0. The highest BCUT2D eigenvalue weighted by atomic mass is 32.2. The minimum absolute atomic E-state index is 0.198. The number of hydrogen-bond donors (Lipinski definition) is 0. The Morgan fingerprint density at radius 2 is 2.08 bits per heavy atom. The standard InChI is InChI=1S/C16H19N5O3S/c1-16(2)23-11-9(5-4-6-17)22-15(12(11)24-16)21-8-20-10-13(21)18-7-19-14(10)25-3/h7-9,11-12,15H,4-5H2,1-3H3/t9-,11-,12-,15-/m1/s1. The van der Waals surface area contributed by atoms with E-state index >= 15 is 0 Å². The molecular weight excluding hydrogens is 342 g/mol. The molecule has 2 aliphatic heterocycles. The van der Waals surface area contributed by atoms with E-state index in [-0.39, 0.29) is 18.3 Å². The topological polar surface area (TPSA) is 95.1 Å². The van der Waals surface area contributed by atoms with Gasteiger partial charge in [0.05, 0.1) is 18.5 Å². The fourth-order valence-electron chi connectivity index (χ4n) is 3.49. The Bertz CT molecular complexity index is 833. The van der Waals surface area contributed by atoms with Crippen molar-refractivity contribution in [3.8, 4) is 6.07 Å². The van der Waals surface area contributed by atoms with Crippen LogP contribution in [0.1, 0.15) is 32.9 Å². The normalized spacial score (nSPS) is 30.5. The van der Waals surface area contributed by atoms with E-state index in [0.29, 0.717) is 18.5 Å². The van der Waals surface area contributed by atoms with Crippen LogP contribution < -0.4 is 0 Å². The van der Waals surface area contributed by atoms with Crippen molar-refractivity contribution in [2.24, 2.45) is 0 Å². The van der Waals surface area contributed by atoms with Crippen LogP contribution >= 0.6 is 11.8 Å². The maximum Gasteiger partial charge on any atom is 0.166 e. The molecule has 0 N–H and O–H groups in total. The molecule has 0 radical (unpaired) electrons. The molecule has 0 bridgehead atoms. The summed E-state index contributed by atoms with van der Waals surface area (Å²) in [6.07, 6.45) is 5.12. The van der Waals surface area contributed by atoms with Crippen molar-refractivity contribution in [2.75, 3.05) is 6.26 Å². The first-order valence-electron chi connectivity index (χ1n) is 8.13. The van der Waals surface area contributed by atoms with Gasteiger partial charge in [-0.2, -0.15) is 5.26 Å². The molecule has 9 heteroatoms. The quantitative estimate of drug-likeness (QED) is 0.604. The van der Waals surface area contributed by atoms with E-state index in [1.807, 2.05) is 24.7 Å². The third kappa shape index (κ3) is 2.79. The lowest BCUT2D eigenvalue weighted by Crippen LogP contribution is -2.29. The van der Waals surface area contributed by atoms with Crippen molar-refractivity contribution in [2.45, 2.75) is 62.0 Å². The second-order valence-electron chi connectivity index (χ2n) is 6.53. The zero-order chi connectivity index (χ0) is 17.6. The molecule has 132 valence electrons. The summed E-state index contributed by atoms with van der Waals surface area (Å²) >= 11 is 1.53. The number of aromatic nitrogens is 4. The summed E-state index contributed by atoms with van der Waals surface area (Å²) in [6, 6.07) is 2.17. The fourth-order valence-corrected chi connectivity index (χ4v) is 3.98. The van der Waals surface area contributed by atoms with Gasteiger partial charge in [0.2, 0.25) is 0 Å². The summed E-state index contributed by atoms with van der Waals surface area (Å²) in [5, 5.41) is 9.73. The highest BCUT2D eigenvalue weighted by Crippen LogP contribution is 2.44. The molecule has 4 rings (SSSR count). The van der Waals surface area contributed by atoms with Gasteiger partial charge in [-0.25, -0.2) is 15.0 Å². The van der Waals surface area contributed by atoms with Crippen molar-refractivity contribution < 1.29 is 14.2 Å². The summed E-state index contributed by atoms with van der Waals surface area (Å²) in [5.74, 6) is -0.682. The van der Waals surface area contributed by atoms with Crippen LogP contribution in [0.15, 0.2) is 17.7 Å². The lowest BCUT2D eigenvalue weighted by Gasteiger charge is -2.24. The summed E-state index contributed by atoms with van der Waals surface area (Å²) in [4.78, 5) is 13.1. The molecular formula is C16H19N5O3S. The molecule has 4 heterocycles. The molecule has 0 saturated carbocycles. The van der Waals surface area contributed by atoms with Crippen LogP contribution in [0.25, 0.3) is 11.2 Å². The van der Waals surface area contributed by atoms with Gasteiger partial charge < -0.3 is 14.2 Å². The summed E-state index contributed by atoms with van der Waals surface area (Å²) in [7, 11) is 0. The van der Waals surface area contributed by atoms with Gasteiger partial charge in [0, 0.05) is 6.42 Å². The molecule has 2 fully saturated rings. The largest absolute Gasteiger partial charge is 0.349 e. The number of nitrogens with zero attached hydrogens (tertiary/aromatic N) is 5. The van der Waals surface area contributed by atoms with Gasteiger partial charge in [0.1, 0.15) is 29.1 Å². The third-order valence-corrected chi connectivity index (χ3v) is 5.14. The Hall–Kier alpha value is -1.73. The van der Waals surface area contributed by atoms with E-state index in [9.17, 15) is 0 Å². The smallest absolute Gasteiger partial charge is 0.166 e. The summed E-state index contributed by atoms with van der Waals surface area (Å²) in [6.45, 7) is 3.79. The van der Waals surface area contributed by atoms with E-state index in [1.165, 1.54) is 18.1 Å². The predicted molar refractivity (Wildman–Crippen MR) is 89.7 cm³/mol. The number of rotatable bonds is 4. The Morgan fingerprint density at radius 1 is 1.28 bits per heavy atom. The summed E-state index contributed by atoms with van der Waals surface area (Å²) in [5.41, 5.74) is 1.45. The maximum atomic E-state index is 8.91. The predicted octanol–water partition coefficient (Wildman–Crippen LogP) is 2.27. The van der Waals surface area contributed by atoms with Crippen LogP contribution in [-0.4, -0.2) is 49.9 Å². The minimum Gasteiger partial charge on any atom is -0.349 e. The lowest BCUT2D eigenvalue weighted by molar-refractivity contribution is -0.196. The van der Waals surface area contributed by atoms with Crippen LogP contribution in [0.3, 0.4) is 0 Å². The summed E-state index contributed by atoms with van der Waals surface area (Å²) < 4.78 is 20.2. The molecule has 2 aromatic rings. The van der Waals surface area contributed by atoms with Crippen LogP contribution in [-0.2, 0) is 14.2 Å². The molecule has 8 nitrogen and oxygen atoms in total. The number of hydrogen-bond acceptors (Lipinski definition) is 8. The molecule has 2 aromatic heterocycles. The second kappa shape index (κ2) is 6.21. The van der Waals surface area contributed by atoms with Crippen molar-refractivity contribution in [1.82, 2.24) is 19.5 Å². The SMILES string of the molecule is CSc1ncnc2c1ncn2[C@@H]1O[C@H](CCC#N)[C@H]2OC(C)(C)O[C@H]21. The molecule has 25 heavy (non-hydrogen) atoms. The number of imidazole rings is 1. The number of fused-ring (bicyclic) bond motifs is 2. The number of ether oxygens (including phenoxy) is 3. The van der Waals surface area contributed by atoms with Gasteiger partial charge in [0.15, 0.2) is 17.7 Å². The van der Waals surface area contributed by atoms with E-state index in [0.717, 1.165) is 10.5 Å². The second-order valence-corrected chi connectivity index (χ2v) is 7.33. The lowest BCUT2D eigenvalue weighted by atomic mass is 10.1. The van der Waals surface area contributed by atoms with Gasteiger partial charge in [-0.15, -0.1) is 11.8 Å². The van der Waals surface area contributed by atoms with Crippen molar-refractivity contribution >= 4 is 22.9 Å². The molecule has 0 aliphatic carbocycles. The molecule has 0 aromatic carbocycles. The van der Waals surface area contributed by atoms with Crippen LogP contribution in [0.2, 0.25) is 0 Å². The van der Waals surface area contributed by atoms with Gasteiger partial charge >= 0.3 is 0 Å². The number of nitriles is 1. The Balaban J connectivity index is 1.71. The van der Waals surface area contributed by atoms with Crippen LogP contribution in [0, 0.1) is 11.3 Å². The maximum absolute atomic E-state index is 8.91. The highest BCUT2D eigenvalue weighted by molar-refractivity contribution is 7.98. The zero-order valence-electron chi connectivity index (χ0n) is 14.2. The van der Waals surface area contributed by atoms with E-state index < -0.39 is 12.0 Å². The van der Waals surface area contributed by atoms with Crippen molar-refractivity contribution in [3.05, 3.63) is 12.7 Å². The van der Waals surface area contributed by atoms with Crippen molar-refractivity contribution in [3.63, 3.8) is 0 Å². The molecule has 2 saturated heterocycles. The third-order valence-electron chi connectivity index (χ3n) is 4.46. The van der Waals surface area contributed by atoms with Crippen LogP contribution in [0.5, 0.6) is 0 Å². The van der Waals surface area contributed by atoms with Gasteiger partial charge in [-0.3, -0.25) is 4.57 Å². The van der Waals surface area contributed by atoms with Gasteiger partial charge in [0.25, 0.3) is 0 Å². The van der Waals surface area contributed by atoms with Gasteiger partial charge in [-0.05, 0) is 26.5 Å². The fraction of sp³-hybridized carbons (Fsp3) is 0.625. The number of thioether (sulfide) groups is 1. The van der Waals surface area contributed by atoms with E-state index in [1.54, 1.807) is 6.33 Å². The van der Waals surface area contributed by atoms with Crippen LogP contribution in [0.4, 0.5) is 0 Å². The Labute approximate surface area is 149 Å². The molecule has 2 aliphatic rings. The van der Waals surface area contributed by atoms with E-state index in [4.69, 9.17) is 19.5 Å². The van der Waals surface area contributed by atoms with Crippen molar-refractivity contribution in [1.29, 1.82) is 5.26 Å². The van der Waals surface area contributed by atoms with Gasteiger partial charge in [-0.1, -0.05) is 0 Å². The average molecular weight is 361 g/mol. The highest BCUT2D eigenvalue weighted by Gasteiger charge is 2.55. The minimum atomic E-state index is -0.682. The molecule has 0 amide bonds. The Morgan fingerprint density at radius 3 is 2.84 bits per heavy atom. The molecule has 0 unspecified atom stereocenters. The first-order valence-corrected chi connectivity index (χ1v) is 9.36. The average Bonchev–Trinajstić information content (AvgIpc) is 3.23. The molecule has 4 atom stereocenters. The first kappa shape index (κ1) is 16.7. The molecule has 0 spiro atoms.